The average Bonchev–Trinajstić information content (AvgIpc) is 3.36. The van der Waals surface area contributed by atoms with Crippen molar-refractivity contribution in [3.8, 4) is 0 Å². The van der Waals surface area contributed by atoms with Gasteiger partial charge < -0.3 is 14.5 Å². The lowest BCUT2D eigenvalue weighted by molar-refractivity contribution is -0.0493. The molecule has 0 spiro atoms. The molecule has 6 nitrogen and oxygen atoms in total. The van der Waals surface area contributed by atoms with E-state index in [1.165, 1.54) is 19.2 Å². The number of amides is 1. The van der Waals surface area contributed by atoms with Crippen LogP contribution in [0.5, 0.6) is 0 Å². The van der Waals surface area contributed by atoms with E-state index in [0.29, 0.717) is 29.5 Å². The maximum absolute atomic E-state index is 13.2. The molecular weight excluding hydrogens is 340 g/mol. The number of likely N-dealkylation sites (tertiary alicyclic amines) is 1. The van der Waals surface area contributed by atoms with Crippen LogP contribution in [0.1, 0.15) is 47.4 Å². The molecule has 4 rings (SSSR count). The van der Waals surface area contributed by atoms with Gasteiger partial charge in [0.25, 0.3) is 5.91 Å². The molecule has 0 unspecified atom stereocenters. The van der Waals surface area contributed by atoms with Crippen molar-refractivity contribution in [2.24, 2.45) is 17.8 Å². The van der Waals surface area contributed by atoms with Gasteiger partial charge in [-0.25, -0.2) is 9.97 Å². The Morgan fingerprint density at radius 3 is 2.37 bits per heavy atom. The molecule has 0 N–H and O–H groups in total. The summed E-state index contributed by atoms with van der Waals surface area (Å²) in [4.78, 5) is 26.0. The molecule has 148 valence electrons. The quantitative estimate of drug-likeness (QED) is 0.794. The maximum atomic E-state index is 13.2. The van der Waals surface area contributed by atoms with Crippen molar-refractivity contribution in [2.75, 3.05) is 33.8 Å². The third-order valence-electron chi connectivity index (χ3n) is 6.72. The molecule has 0 aromatic carbocycles. The first-order valence-electron chi connectivity index (χ1n) is 10.3. The minimum Gasteiger partial charge on any atom is -0.376 e. The summed E-state index contributed by atoms with van der Waals surface area (Å²) in [5, 5.41) is 0. The van der Waals surface area contributed by atoms with Gasteiger partial charge in [-0.15, -0.1) is 0 Å². The van der Waals surface area contributed by atoms with E-state index >= 15 is 0 Å². The number of aromatic nitrogens is 2. The lowest BCUT2D eigenvalue weighted by Crippen LogP contribution is -2.48. The first kappa shape index (κ1) is 18.8. The number of aryl methyl sites for hydroxylation is 2. The molecule has 3 aliphatic rings. The highest BCUT2D eigenvalue weighted by atomic mass is 16.5. The van der Waals surface area contributed by atoms with E-state index in [4.69, 9.17) is 4.74 Å². The fourth-order valence-electron chi connectivity index (χ4n) is 4.88. The summed E-state index contributed by atoms with van der Waals surface area (Å²) < 4.78 is 6.34. The molecule has 0 radical (unpaired) electrons. The Kier molecular flexibility index (Phi) is 5.21. The average molecular weight is 373 g/mol. The highest BCUT2D eigenvalue weighted by molar-refractivity contribution is 5.96. The lowest BCUT2D eigenvalue weighted by Gasteiger charge is -2.41. The van der Waals surface area contributed by atoms with Crippen molar-refractivity contribution < 1.29 is 9.53 Å². The second-order valence-electron chi connectivity index (χ2n) is 8.97. The van der Waals surface area contributed by atoms with Gasteiger partial charge in [-0.05, 0) is 71.4 Å². The molecule has 6 heteroatoms. The number of carbonyl (C=O) groups excluding carboxylic acids is 1. The van der Waals surface area contributed by atoms with E-state index < -0.39 is 0 Å². The summed E-state index contributed by atoms with van der Waals surface area (Å²) in [6.07, 6.45) is 6.65. The highest BCUT2D eigenvalue weighted by Gasteiger charge is 2.45. The van der Waals surface area contributed by atoms with Gasteiger partial charge >= 0.3 is 0 Å². The number of fused-ring (bicyclic) bond motifs is 1. The van der Waals surface area contributed by atoms with E-state index in [-0.39, 0.29) is 5.91 Å². The number of carbonyl (C=O) groups is 1. The fourth-order valence-corrected chi connectivity index (χ4v) is 4.88. The molecule has 0 bridgehead atoms. The van der Waals surface area contributed by atoms with Gasteiger partial charge in [-0.2, -0.15) is 0 Å². The molecule has 1 aromatic heterocycles. The maximum Gasteiger partial charge on any atom is 0.257 e. The van der Waals surface area contributed by atoms with Crippen LogP contribution in [0, 0.1) is 31.6 Å². The number of likely N-dealkylation sites (N-methyl/N-ethyl adjacent to an activating group) is 1. The SMILES string of the molecule is Cc1ncnc(C)c1C(=O)N1C[C@H]2C[C@@H](N(C)C)[C@H](OCC3CC3)C[C@H]2C1. The van der Waals surface area contributed by atoms with Crippen molar-refractivity contribution in [2.45, 2.75) is 51.7 Å². The third-order valence-corrected chi connectivity index (χ3v) is 6.72. The summed E-state index contributed by atoms with van der Waals surface area (Å²) in [7, 11) is 4.31. The molecule has 1 amide bonds. The third kappa shape index (κ3) is 3.87. The Morgan fingerprint density at radius 2 is 1.78 bits per heavy atom. The van der Waals surface area contributed by atoms with Crippen LogP contribution in [0.2, 0.25) is 0 Å². The number of ether oxygens (including phenoxy) is 1. The normalized spacial score (nSPS) is 30.6. The molecular formula is C21H32N4O2. The topological polar surface area (TPSA) is 58.6 Å². The Balaban J connectivity index is 1.46. The van der Waals surface area contributed by atoms with Gasteiger partial charge in [0, 0.05) is 25.7 Å². The van der Waals surface area contributed by atoms with Crippen LogP contribution >= 0.6 is 0 Å². The summed E-state index contributed by atoms with van der Waals surface area (Å²) in [6.45, 7) is 6.39. The minimum atomic E-state index is 0.0943. The van der Waals surface area contributed by atoms with Gasteiger partial charge in [-0.3, -0.25) is 4.79 Å². The minimum absolute atomic E-state index is 0.0943. The van der Waals surface area contributed by atoms with Gasteiger partial charge in [0.15, 0.2) is 0 Å². The number of hydrogen-bond donors (Lipinski definition) is 0. The van der Waals surface area contributed by atoms with Crippen molar-refractivity contribution in [1.29, 1.82) is 0 Å². The van der Waals surface area contributed by atoms with E-state index in [1.807, 2.05) is 18.7 Å². The first-order valence-corrected chi connectivity index (χ1v) is 10.3. The molecule has 1 aliphatic heterocycles. The van der Waals surface area contributed by atoms with Crippen molar-refractivity contribution in [1.82, 2.24) is 19.8 Å². The molecule has 2 aliphatic carbocycles. The molecule has 1 aromatic rings. The zero-order valence-electron chi connectivity index (χ0n) is 17.0. The fraction of sp³-hybridized carbons (Fsp3) is 0.762. The van der Waals surface area contributed by atoms with Crippen molar-refractivity contribution in [3.63, 3.8) is 0 Å². The van der Waals surface area contributed by atoms with Crippen LogP contribution in [0.4, 0.5) is 0 Å². The standard InChI is InChI=1S/C21H32N4O2/c1-13-20(14(2)23-12-22-13)21(26)25-9-16-7-18(24(3)4)19(8-17(16)10-25)27-11-15-5-6-15/h12,15-19H,5-11H2,1-4H3/t16-,17+,18-,19-/m1/s1. The smallest absolute Gasteiger partial charge is 0.257 e. The lowest BCUT2D eigenvalue weighted by atomic mass is 9.77. The summed E-state index contributed by atoms with van der Waals surface area (Å²) in [5.74, 6) is 1.99. The van der Waals surface area contributed by atoms with E-state index in [0.717, 1.165) is 49.8 Å². The number of nitrogens with zero attached hydrogens (tertiary/aromatic N) is 4. The van der Waals surface area contributed by atoms with E-state index in [1.54, 1.807) is 0 Å². The van der Waals surface area contributed by atoms with Crippen LogP contribution in [-0.4, -0.2) is 71.6 Å². The monoisotopic (exact) mass is 372 g/mol. The number of rotatable bonds is 5. The van der Waals surface area contributed by atoms with E-state index in [9.17, 15) is 4.79 Å². The van der Waals surface area contributed by atoms with Gasteiger partial charge in [0.05, 0.1) is 23.1 Å². The second-order valence-corrected chi connectivity index (χ2v) is 8.97. The Bertz CT molecular complexity index is 683. The van der Waals surface area contributed by atoms with Crippen LogP contribution in [0.3, 0.4) is 0 Å². The van der Waals surface area contributed by atoms with Crippen LogP contribution in [0.25, 0.3) is 0 Å². The molecule has 3 fully saturated rings. The summed E-state index contributed by atoms with van der Waals surface area (Å²) >= 11 is 0. The first-order chi connectivity index (χ1) is 12.9. The predicted octanol–water partition coefficient (Wildman–Crippen LogP) is 2.30. The Morgan fingerprint density at radius 1 is 1.15 bits per heavy atom. The van der Waals surface area contributed by atoms with Gasteiger partial charge in [0.1, 0.15) is 6.33 Å². The molecule has 2 heterocycles. The predicted molar refractivity (Wildman–Crippen MR) is 104 cm³/mol. The Labute approximate surface area is 162 Å². The zero-order valence-corrected chi connectivity index (χ0v) is 17.0. The van der Waals surface area contributed by atoms with Gasteiger partial charge in [0.2, 0.25) is 0 Å². The largest absolute Gasteiger partial charge is 0.376 e. The van der Waals surface area contributed by atoms with E-state index in [2.05, 4.69) is 29.0 Å². The zero-order chi connectivity index (χ0) is 19.1. The van der Waals surface area contributed by atoms with Gasteiger partial charge in [-0.1, -0.05) is 0 Å². The van der Waals surface area contributed by atoms with Crippen molar-refractivity contribution >= 4 is 5.91 Å². The summed E-state index contributed by atoms with van der Waals surface area (Å²) in [5.41, 5.74) is 2.24. The second kappa shape index (κ2) is 7.47. The summed E-state index contributed by atoms with van der Waals surface area (Å²) in [6, 6.07) is 0.448. The molecule has 2 saturated carbocycles. The van der Waals surface area contributed by atoms with Crippen LogP contribution < -0.4 is 0 Å². The van der Waals surface area contributed by atoms with Crippen LogP contribution in [0.15, 0.2) is 6.33 Å². The number of hydrogen-bond acceptors (Lipinski definition) is 5. The molecule has 27 heavy (non-hydrogen) atoms. The van der Waals surface area contributed by atoms with Crippen molar-refractivity contribution in [3.05, 3.63) is 23.3 Å². The molecule has 1 saturated heterocycles. The highest BCUT2D eigenvalue weighted by Crippen LogP contribution is 2.40. The Hall–Kier alpha value is -1.53. The molecule has 4 atom stereocenters. The van der Waals surface area contributed by atoms with Crippen LogP contribution in [-0.2, 0) is 4.74 Å².